The van der Waals surface area contributed by atoms with Crippen molar-refractivity contribution in [3.8, 4) is 0 Å². The Labute approximate surface area is 127 Å². The van der Waals surface area contributed by atoms with Gasteiger partial charge in [0, 0.05) is 18.4 Å². The number of alkyl halides is 1. The lowest BCUT2D eigenvalue weighted by Crippen LogP contribution is -2.36. The van der Waals surface area contributed by atoms with Gasteiger partial charge in [0.15, 0.2) is 0 Å². The van der Waals surface area contributed by atoms with E-state index in [1.165, 1.54) is 37.8 Å². The second-order valence-electron chi connectivity index (χ2n) is 5.79. The van der Waals surface area contributed by atoms with Gasteiger partial charge in [-0.3, -0.25) is 0 Å². The zero-order valence-electron chi connectivity index (χ0n) is 12.7. The van der Waals surface area contributed by atoms with Crippen LogP contribution in [0, 0.1) is 5.41 Å². The van der Waals surface area contributed by atoms with E-state index in [-0.39, 0.29) is 0 Å². The van der Waals surface area contributed by atoms with Crippen LogP contribution >= 0.6 is 15.9 Å². The quantitative estimate of drug-likeness (QED) is 0.571. The van der Waals surface area contributed by atoms with Crippen LogP contribution in [0.2, 0.25) is 0 Å². The summed E-state index contributed by atoms with van der Waals surface area (Å²) in [6.45, 7) is 6.81. The summed E-state index contributed by atoms with van der Waals surface area (Å²) in [5.74, 6) is 0. The molecule has 0 fully saturated rings. The van der Waals surface area contributed by atoms with Crippen LogP contribution < -0.4 is 0 Å². The number of hydrogen-bond acceptors (Lipinski definition) is 1. The minimum atomic E-state index is 0.438. The van der Waals surface area contributed by atoms with Gasteiger partial charge < -0.3 is 4.90 Å². The van der Waals surface area contributed by atoms with Crippen LogP contribution in [0.15, 0.2) is 30.3 Å². The largest absolute Gasteiger partial charge is 0.302 e. The molecule has 0 N–H and O–H groups in total. The molecule has 0 spiro atoms. The molecule has 1 aromatic carbocycles. The lowest BCUT2D eigenvalue weighted by molar-refractivity contribution is 0.166. The second-order valence-corrected chi connectivity index (χ2v) is 6.35. The summed E-state index contributed by atoms with van der Waals surface area (Å²) in [5, 5.41) is 1.11. The van der Waals surface area contributed by atoms with Crippen molar-refractivity contribution in [1.82, 2.24) is 4.90 Å². The third-order valence-corrected chi connectivity index (χ3v) is 4.93. The molecule has 2 heteroatoms. The van der Waals surface area contributed by atoms with Crippen LogP contribution in [-0.2, 0) is 6.54 Å². The van der Waals surface area contributed by atoms with E-state index >= 15 is 0 Å². The van der Waals surface area contributed by atoms with Gasteiger partial charge in [-0.2, -0.15) is 0 Å². The third kappa shape index (κ3) is 5.66. The Hall–Kier alpha value is -0.340. The molecule has 0 atom stereocenters. The third-order valence-electron chi connectivity index (χ3n) is 3.74. The maximum atomic E-state index is 3.76. The molecule has 0 aliphatic rings. The summed E-state index contributed by atoms with van der Waals surface area (Å²) < 4.78 is 0. The van der Waals surface area contributed by atoms with Crippen molar-refractivity contribution in [2.75, 3.05) is 18.9 Å². The van der Waals surface area contributed by atoms with Crippen LogP contribution in [-0.4, -0.2) is 23.8 Å². The molecule has 19 heavy (non-hydrogen) atoms. The maximum Gasteiger partial charge on any atom is 0.0230 e. The van der Waals surface area contributed by atoms with Gasteiger partial charge >= 0.3 is 0 Å². The van der Waals surface area contributed by atoms with Crippen molar-refractivity contribution in [2.45, 2.75) is 46.1 Å². The summed E-state index contributed by atoms with van der Waals surface area (Å²) in [7, 11) is 2.25. The van der Waals surface area contributed by atoms with E-state index in [4.69, 9.17) is 0 Å². The summed E-state index contributed by atoms with van der Waals surface area (Å²) in [5.41, 5.74) is 1.84. The summed E-state index contributed by atoms with van der Waals surface area (Å²) in [4.78, 5) is 2.47. The highest BCUT2D eigenvalue weighted by molar-refractivity contribution is 9.09. The molecule has 1 aromatic rings. The van der Waals surface area contributed by atoms with Crippen molar-refractivity contribution >= 4 is 15.9 Å². The first-order valence-corrected chi connectivity index (χ1v) is 8.56. The SMILES string of the molecule is CCCC(CBr)(CCC)CN(C)Cc1ccccc1. The fourth-order valence-electron chi connectivity index (χ4n) is 3.04. The van der Waals surface area contributed by atoms with Crippen LogP contribution in [0.3, 0.4) is 0 Å². The average molecular weight is 326 g/mol. The van der Waals surface area contributed by atoms with Gasteiger partial charge in [-0.1, -0.05) is 73.0 Å². The highest BCUT2D eigenvalue weighted by Gasteiger charge is 2.28. The molecule has 0 radical (unpaired) electrons. The molecule has 0 aliphatic carbocycles. The smallest absolute Gasteiger partial charge is 0.0230 e. The van der Waals surface area contributed by atoms with E-state index in [0.29, 0.717) is 5.41 Å². The fraction of sp³-hybridized carbons (Fsp3) is 0.647. The number of nitrogens with zero attached hydrogens (tertiary/aromatic N) is 1. The zero-order valence-corrected chi connectivity index (χ0v) is 14.2. The second kappa shape index (κ2) is 8.76. The minimum absolute atomic E-state index is 0.438. The van der Waals surface area contributed by atoms with Gasteiger partial charge in [-0.25, -0.2) is 0 Å². The van der Waals surface area contributed by atoms with E-state index in [1.807, 2.05) is 0 Å². The average Bonchev–Trinajstić information content (AvgIpc) is 2.40. The van der Waals surface area contributed by atoms with Gasteiger partial charge in [-0.15, -0.1) is 0 Å². The van der Waals surface area contributed by atoms with Gasteiger partial charge in [0.25, 0.3) is 0 Å². The topological polar surface area (TPSA) is 3.24 Å². The molecule has 0 unspecified atom stereocenters. The number of halogens is 1. The van der Waals surface area contributed by atoms with Crippen molar-refractivity contribution in [3.63, 3.8) is 0 Å². The monoisotopic (exact) mass is 325 g/mol. The van der Waals surface area contributed by atoms with Gasteiger partial charge in [0.2, 0.25) is 0 Å². The van der Waals surface area contributed by atoms with E-state index in [0.717, 1.165) is 11.9 Å². The Kier molecular flexibility index (Phi) is 7.70. The first kappa shape index (κ1) is 16.7. The van der Waals surface area contributed by atoms with Crippen molar-refractivity contribution < 1.29 is 0 Å². The number of rotatable bonds is 9. The summed E-state index contributed by atoms with van der Waals surface area (Å²) in [6.07, 6.45) is 5.16. The van der Waals surface area contributed by atoms with Crippen LogP contribution in [0.1, 0.15) is 45.1 Å². The Morgan fingerprint density at radius 2 is 1.63 bits per heavy atom. The van der Waals surface area contributed by atoms with Gasteiger partial charge in [0.1, 0.15) is 0 Å². The highest BCUT2D eigenvalue weighted by Crippen LogP contribution is 2.33. The normalized spacial score (nSPS) is 12.1. The molecule has 1 rings (SSSR count). The molecular weight excluding hydrogens is 298 g/mol. The zero-order chi connectivity index (χ0) is 14.1. The van der Waals surface area contributed by atoms with E-state index in [2.05, 4.69) is 72.1 Å². The molecule has 0 aliphatic heterocycles. The standard InChI is InChI=1S/C17H28BrN/c1-4-11-17(14-18,12-5-2)15-19(3)13-16-9-7-6-8-10-16/h6-10H,4-5,11-15H2,1-3H3. The van der Waals surface area contributed by atoms with Crippen molar-refractivity contribution in [3.05, 3.63) is 35.9 Å². The maximum absolute atomic E-state index is 3.76. The summed E-state index contributed by atoms with van der Waals surface area (Å²) in [6, 6.07) is 10.8. The Morgan fingerprint density at radius 1 is 1.05 bits per heavy atom. The van der Waals surface area contributed by atoms with Crippen LogP contribution in [0.25, 0.3) is 0 Å². The van der Waals surface area contributed by atoms with Crippen molar-refractivity contribution in [1.29, 1.82) is 0 Å². The number of benzene rings is 1. The first-order chi connectivity index (χ1) is 9.15. The molecule has 0 aromatic heterocycles. The van der Waals surface area contributed by atoms with Gasteiger partial charge in [0.05, 0.1) is 0 Å². The Morgan fingerprint density at radius 3 is 2.11 bits per heavy atom. The Bertz CT molecular complexity index is 330. The lowest BCUT2D eigenvalue weighted by atomic mass is 9.80. The number of hydrogen-bond donors (Lipinski definition) is 0. The van der Waals surface area contributed by atoms with E-state index in [1.54, 1.807) is 0 Å². The first-order valence-electron chi connectivity index (χ1n) is 7.44. The molecule has 0 amide bonds. The lowest BCUT2D eigenvalue weighted by Gasteiger charge is -2.36. The van der Waals surface area contributed by atoms with Crippen molar-refractivity contribution in [2.24, 2.45) is 5.41 Å². The molecule has 0 saturated carbocycles. The highest BCUT2D eigenvalue weighted by atomic mass is 79.9. The predicted octanol–water partition coefficient (Wildman–Crippen LogP) is 5.10. The van der Waals surface area contributed by atoms with Crippen LogP contribution in [0.5, 0.6) is 0 Å². The molecule has 0 bridgehead atoms. The molecule has 1 nitrogen and oxygen atoms in total. The molecule has 108 valence electrons. The predicted molar refractivity (Wildman–Crippen MR) is 88.8 cm³/mol. The van der Waals surface area contributed by atoms with Crippen LogP contribution in [0.4, 0.5) is 0 Å². The molecule has 0 saturated heterocycles. The van der Waals surface area contributed by atoms with E-state index < -0.39 is 0 Å². The molecular formula is C17H28BrN. The molecule has 0 heterocycles. The van der Waals surface area contributed by atoms with E-state index in [9.17, 15) is 0 Å². The fourth-order valence-corrected chi connectivity index (χ4v) is 3.78. The summed E-state index contributed by atoms with van der Waals surface area (Å²) >= 11 is 3.76. The van der Waals surface area contributed by atoms with Gasteiger partial charge in [-0.05, 0) is 30.9 Å². The Balaban J connectivity index is 2.62. The minimum Gasteiger partial charge on any atom is -0.302 e.